The molecule has 0 saturated carbocycles. The smallest absolute Gasteiger partial charge is 0.231 e. The number of hydrogen-bond acceptors (Lipinski definition) is 5. The minimum atomic E-state index is 0.268. The molecule has 1 unspecified atom stereocenters. The van der Waals surface area contributed by atoms with E-state index in [4.69, 9.17) is 18.9 Å². The van der Waals surface area contributed by atoms with Crippen LogP contribution < -0.4 is 20.1 Å². The van der Waals surface area contributed by atoms with Crippen molar-refractivity contribution in [3.8, 4) is 11.5 Å². The van der Waals surface area contributed by atoms with Crippen LogP contribution in [0.3, 0.4) is 0 Å². The van der Waals surface area contributed by atoms with Gasteiger partial charge in [-0.2, -0.15) is 0 Å². The maximum Gasteiger partial charge on any atom is 0.231 e. The summed E-state index contributed by atoms with van der Waals surface area (Å²) in [5.41, 5.74) is 1.09. The number of nitrogens with one attached hydrogen (secondary N) is 2. The lowest BCUT2D eigenvalue weighted by molar-refractivity contribution is 0.0888. The zero-order valence-corrected chi connectivity index (χ0v) is 16.6. The largest absolute Gasteiger partial charge is 0.454 e. The highest BCUT2D eigenvalue weighted by atomic mass is 79.9. The van der Waals surface area contributed by atoms with Crippen molar-refractivity contribution in [1.82, 2.24) is 10.6 Å². The van der Waals surface area contributed by atoms with Crippen molar-refractivity contribution in [2.45, 2.75) is 19.4 Å². The highest BCUT2D eigenvalue weighted by Gasteiger charge is 2.18. The molecule has 26 heavy (non-hydrogen) atoms. The minimum Gasteiger partial charge on any atom is -0.454 e. The normalized spacial score (nSPS) is 19.0. The van der Waals surface area contributed by atoms with Gasteiger partial charge in [0.1, 0.15) is 0 Å². The Morgan fingerprint density at radius 1 is 1.35 bits per heavy atom. The van der Waals surface area contributed by atoms with Crippen molar-refractivity contribution in [3.63, 3.8) is 0 Å². The third kappa shape index (κ3) is 5.49. The van der Waals surface area contributed by atoms with Crippen LogP contribution in [0, 0.1) is 5.92 Å². The van der Waals surface area contributed by atoms with E-state index in [1.54, 1.807) is 7.05 Å². The van der Waals surface area contributed by atoms with Gasteiger partial charge in [0.05, 0.1) is 17.7 Å². The molecule has 0 radical (unpaired) electrons. The van der Waals surface area contributed by atoms with E-state index in [9.17, 15) is 0 Å². The number of rotatable bonds is 8. The van der Waals surface area contributed by atoms with E-state index < -0.39 is 0 Å². The Balaban J connectivity index is 1.32. The fourth-order valence-electron chi connectivity index (χ4n) is 2.88. The van der Waals surface area contributed by atoms with Crippen LogP contribution in [0.1, 0.15) is 18.4 Å². The average molecular weight is 428 g/mol. The second-order valence-corrected chi connectivity index (χ2v) is 7.18. The molecule has 0 spiro atoms. The Morgan fingerprint density at radius 3 is 3.08 bits per heavy atom. The van der Waals surface area contributed by atoms with E-state index >= 15 is 0 Å². The Kier molecular flexibility index (Phi) is 7.40. The van der Waals surface area contributed by atoms with E-state index in [0.29, 0.717) is 12.5 Å². The fourth-order valence-corrected chi connectivity index (χ4v) is 3.48. The SMILES string of the molecule is CN=C(NCCCOCC1CCOC1)NCc1cc(Br)c2c(c1)OCO2. The lowest BCUT2D eigenvalue weighted by atomic mass is 10.1. The van der Waals surface area contributed by atoms with Gasteiger partial charge in [-0.25, -0.2) is 0 Å². The summed E-state index contributed by atoms with van der Waals surface area (Å²) < 4.78 is 22.8. The van der Waals surface area contributed by atoms with Crippen molar-refractivity contribution in [2.75, 3.05) is 46.8 Å². The molecule has 1 saturated heterocycles. The number of nitrogens with zero attached hydrogens (tertiary/aromatic N) is 1. The van der Waals surface area contributed by atoms with Gasteiger partial charge in [0.15, 0.2) is 17.5 Å². The number of fused-ring (bicyclic) bond motifs is 1. The summed E-state index contributed by atoms with van der Waals surface area (Å²) in [4.78, 5) is 4.25. The molecule has 0 aromatic heterocycles. The standard InChI is InChI=1S/C18H26BrN3O4/c1-20-18(21-4-2-5-23-10-13-3-6-24-11-13)22-9-14-7-15(19)17-16(8-14)25-12-26-17/h7-8,13H,2-6,9-12H2,1H3,(H2,20,21,22). The minimum absolute atomic E-state index is 0.268. The Bertz CT molecular complexity index is 621. The molecule has 2 N–H and O–H groups in total. The van der Waals surface area contributed by atoms with Crippen molar-refractivity contribution in [2.24, 2.45) is 10.9 Å². The van der Waals surface area contributed by atoms with Gasteiger partial charge in [0.2, 0.25) is 6.79 Å². The van der Waals surface area contributed by atoms with Gasteiger partial charge < -0.3 is 29.6 Å². The van der Waals surface area contributed by atoms with Crippen molar-refractivity contribution in [1.29, 1.82) is 0 Å². The summed E-state index contributed by atoms with van der Waals surface area (Å²) in [6.07, 6.45) is 2.05. The fraction of sp³-hybridized carbons (Fsp3) is 0.611. The van der Waals surface area contributed by atoms with Gasteiger partial charge in [-0.1, -0.05) is 0 Å². The summed E-state index contributed by atoms with van der Waals surface area (Å²) in [6, 6.07) is 4.00. The number of benzene rings is 1. The van der Waals surface area contributed by atoms with Crippen LogP contribution in [0.25, 0.3) is 0 Å². The van der Waals surface area contributed by atoms with Gasteiger partial charge in [-0.15, -0.1) is 0 Å². The topological polar surface area (TPSA) is 73.3 Å². The first-order valence-electron chi connectivity index (χ1n) is 8.94. The number of hydrogen-bond donors (Lipinski definition) is 2. The van der Waals surface area contributed by atoms with Crippen LogP contribution >= 0.6 is 15.9 Å². The first-order chi connectivity index (χ1) is 12.8. The Labute approximate surface area is 162 Å². The quantitative estimate of drug-likeness (QED) is 0.376. The van der Waals surface area contributed by atoms with Gasteiger partial charge >= 0.3 is 0 Å². The number of ether oxygens (including phenoxy) is 4. The molecule has 0 aliphatic carbocycles. The van der Waals surface area contributed by atoms with Gasteiger partial charge in [0, 0.05) is 39.3 Å². The van der Waals surface area contributed by atoms with Crippen molar-refractivity contribution < 1.29 is 18.9 Å². The summed E-state index contributed by atoms with van der Waals surface area (Å²) >= 11 is 3.51. The van der Waals surface area contributed by atoms with Gasteiger partial charge in [-0.05, 0) is 46.5 Å². The molecular weight excluding hydrogens is 402 g/mol. The van der Waals surface area contributed by atoms with Crippen molar-refractivity contribution in [3.05, 3.63) is 22.2 Å². The van der Waals surface area contributed by atoms with Crippen LogP contribution in [0.5, 0.6) is 11.5 Å². The molecule has 1 atom stereocenters. The van der Waals surface area contributed by atoms with E-state index in [0.717, 1.165) is 73.3 Å². The molecule has 1 fully saturated rings. The van der Waals surface area contributed by atoms with Gasteiger partial charge in [-0.3, -0.25) is 4.99 Å². The highest BCUT2D eigenvalue weighted by molar-refractivity contribution is 9.10. The molecule has 0 amide bonds. The molecule has 1 aromatic rings. The van der Waals surface area contributed by atoms with E-state index in [2.05, 4.69) is 31.6 Å². The summed E-state index contributed by atoms with van der Waals surface area (Å²) in [6.45, 7) is 4.98. The molecule has 2 aliphatic rings. The monoisotopic (exact) mass is 427 g/mol. The molecule has 3 rings (SSSR count). The summed E-state index contributed by atoms with van der Waals surface area (Å²) in [5, 5.41) is 6.61. The summed E-state index contributed by atoms with van der Waals surface area (Å²) in [7, 11) is 1.77. The average Bonchev–Trinajstić information content (AvgIpc) is 3.32. The molecule has 2 aliphatic heterocycles. The van der Waals surface area contributed by atoms with Crippen LogP contribution in [0.2, 0.25) is 0 Å². The molecule has 8 heteroatoms. The zero-order chi connectivity index (χ0) is 18.2. The van der Waals surface area contributed by atoms with Crippen LogP contribution in [-0.4, -0.2) is 52.8 Å². The lowest BCUT2D eigenvalue weighted by Crippen LogP contribution is -2.37. The molecule has 1 aromatic carbocycles. The number of guanidine groups is 1. The number of halogens is 1. The Morgan fingerprint density at radius 2 is 2.27 bits per heavy atom. The summed E-state index contributed by atoms with van der Waals surface area (Å²) in [5.74, 6) is 2.87. The predicted octanol–water partition coefficient (Wildman–Crippen LogP) is 2.29. The molecule has 7 nitrogen and oxygen atoms in total. The second-order valence-electron chi connectivity index (χ2n) is 6.32. The Hall–Kier alpha value is -1.51. The molecule has 0 bridgehead atoms. The van der Waals surface area contributed by atoms with Crippen LogP contribution in [0.15, 0.2) is 21.6 Å². The third-order valence-electron chi connectivity index (χ3n) is 4.31. The van der Waals surface area contributed by atoms with E-state index in [-0.39, 0.29) is 6.79 Å². The lowest BCUT2D eigenvalue weighted by Gasteiger charge is -2.13. The third-order valence-corrected chi connectivity index (χ3v) is 4.90. The first kappa shape index (κ1) is 19.3. The molecular formula is C18H26BrN3O4. The van der Waals surface area contributed by atoms with E-state index in [1.165, 1.54) is 0 Å². The zero-order valence-electron chi connectivity index (χ0n) is 15.1. The van der Waals surface area contributed by atoms with Crippen LogP contribution in [-0.2, 0) is 16.0 Å². The first-order valence-corrected chi connectivity index (χ1v) is 9.73. The van der Waals surface area contributed by atoms with Crippen molar-refractivity contribution >= 4 is 21.9 Å². The maximum atomic E-state index is 5.71. The predicted molar refractivity (Wildman–Crippen MR) is 103 cm³/mol. The molecule has 2 heterocycles. The number of aliphatic imine (C=N–C) groups is 1. The second kappa shape index (κ2) is 9.99. The maximum absolute atomic E-state index is 5.71. The van der Waals surface area contributed by atoms with Gasteiger partial charge in [0.25, 0.3) is 0 Å². The molecule has 144 valence electrons. The highest BCUT2D eigenvalue weighted by Crippen LogP contribution is 2.39. The van der Waals surface area contributed by atoms with Crippen LogP contribution in [0.4, 0.5) is 0 Å². The van der Waals surface area contributed by atoms with E-state index in [1.807, 2.05) is 12.1 Å².